The molecule has 0 bridgehead atoms. The number of rotatable bonds is 3. The summed E-state index contributed by atoms with van der Waals surface area (Å²) in [6.07, 6.45) is 2.45. The summed E-state index contributed by atoms with van der Waals surface area (Å²) >= 11 is 0. The molecule has 0 saturated heterocycles. The van der Waals surface area contributed by atoms with E-state index in [9.17, 15) is 0 Å². The Morgan fingerprint density at radius 3 is 2.91 bits per heavy atom. The van der Waals surface area contributed by atoms with Crippen molar-refractivity contribution < 1.29 is 0 Å². The van der Waals surface area contributed by atoms with E-state index < -0.39 is 0 Å². The third-order valence-corrected chi connectivity index (χ3v) is 2.05. The Morgan fingerprint density at radius 2 is 2.36 bits per heavy atom. The maximum atomic E-state index is 3.09. The van der Waals surface area contributed by atoms with Crippen molar-refractivity contribution >= 4 is 0 Å². The maximum Gasteiger partial charge on any atom is -0.0181 e. The lowest BCUT2D eigenvalue weighted by Crippen LogP contribution is -1.96. The molecule has 0 heteroatoms. The van der Waals surface area contributed by atoms with Crippen LogP contribution in [0.15, 0.2) is 24.3 Å². The fourth-order valence-corrected chi connectivity index (χ4v) is 1.10. The topological polar surface area (TPSA) is 0 Å². The smallest absolute Gasteiger partial charge is 0.0181 e. The van der Waals surface area contributed by atoms with Crippen LogP contribution in [0.5, 0.6) is 0 Å². The first kappa shape index (κ1) is 8.32. The van der Waals surface area contributed by atoms with E-state index in [4.69, 9.17) is 0 Å². The van der Waals surface area contributed by atoms with E-state index in [-0.39, 0.29) is 0 Å². The molecule has 1 aromatic rings. The normalized spacial score (nSPS) is 12.9. The maximum absolute atomic E-state index is 3.09. The van der Waals surface area contributed by atoms with Crippen LogP contribution < -0.4 is 0 Å². The third kappa shape index (κ3) is 2.75. The minimum Gasteiger partial charge on any atom is -0.0651 e. The zero-order valence-electron chi connectivity index (χ0n) is 7.30. The summed E-state index contributed by atoms with van der Waals surface area (Å²) < 4.78 is 0. The van der Waals surface area contributed by atoms with E-state index in [0.29, 0.717) is 0 Å². The summed E-state index contributed by atoms with van der Waals surface area (Å²) in [5.74, 6) is 0.797. The van der Waals surface area contributed by atoms with Gasteiger partial charge in [0.25, 0.3) is 0 Å². The first-order valence-corrected chi connectivity index (χ1v) is 4.28. The van der Waals surface area contributed by atoms with E-state index in [1.807, 2.05) is 6.07 Å². The van der Waals surface area contributed by atoms with Crippen LogP contribution in [0.1, 0.15) is 25.8 Å². The zero-order chi connectivity index (χ0) is 8.10. The second-order valence-corrected chi connectivity index (χ2v) is 3.13. The summed E-state index contributed by atoms with van der Waals surface area (Å²) in [5.41, 5.74) is 1.40. The summed E-state index contributed by atoms with van der Waals surface area (Å²) in [7, 11) is 0. The lowest BCUT2D eigenvalue weighted by Gasteiger charge is -2.06. The molecule has 0 fully saturated rings. The van der Waals surface area contributed by atoms with Gasteiger partial charge in [0.05, 0.1) is 0 Å². The van der Waals surface area contributed by atoms with Crippen molar-refractivity contribution in [3.63, 3.8) is 0 Å². The fourth-order valence-electron chi connectivity index (χ4n) is 1.10. The van der Waals surface area contributed by atoms with Crippen molar-refractivity contribution in [1.29, 1.82) is 0 Å². The van der Waals surface area contributed by atoms with Crippen molar-refractivity contribution in [2.75, 3.05) is 0 Å². The molecule has 0 heterocycles. The summed E-state index contributed by atoms with van der Waals surface area (Å²) in [6.45, 7) is 4.52. The first-order valence-electron chi connectivity index (χ1n) is 4.28. The van der Waals surface area contributed by atoms with E-state index in [1.165, 1.54) is 18.4 Å². The quantitative estimate of drug-likeness (QED) is 0.616. The highest BCUT2D eigenvalue weighted by atomic mass is 14.0. The molecule has 1 rings (SSSR count). The Hall–Kier alpha value is -0.780. The van der Waals surface area contributed by atoms with Gasteiger partial charge in [0.15, 0.2) is 0 Å². The summed E-state index contributed by atoms with van der Waals surface area (Å²) in [4.78, 5) is 0. The van der Waals surface area contributed by atoms with Gasteiger partial charge in [-0.2, -0.15) is 0 Å². The van der Waals surface area contributed by atoms with Gasteiger partial charge < -0.3 is 0 Å². The largest absolute Gasteiger partial charge is 0.0651 e. The van der Waals surface area contributed by atoms with Gasteiger partial charge in [-0.05, 0) is 24.0 Å². The molecule has 0 N–H and O–H groups in total. The van der Waals surface area contributed by atoms with Crippen LogP contribution in [0, 0.1) is 12.0 Å². The van der Waals surface area contributed by atoms with Crippen LogP contribution in [-0.4, -0.2) is 0 Å². The van der Waals surface area contributed by atoms with Gasteiger partial charge in [-0.25, -0.2) is 0 Å². The molecule has 59 valence electrons. The van der Waals surface area contributed by atoms with Crippen LogP contribution in [-0.2, 0) is 6.42 Å². The van der Waals surface area contributed by atoms with Crippen molar-refractivity contribution in [1.82, 2.24) is 0 Å². The van der Waals surface area contributed by atoms with Crippen LogP contribution in [0.3, 0.4) is 0 Å². The molecule has 0 nitrogen and oxygen atoms in total. The van der Waals surface area contributed by atoms with Crippen molar-refractivity contribution in [2.24, 2.45) is 5.92 Å². The molecule has 0 aliphatic rings. The van der Waals surface area contributed by atoms with Gasteiger partial charge in [0.2, 0.25) is 0 Å². The number of benzene rings is 1. The second kappa shape index (κ2) is 4.17. The molecular weight excluding hydrogens is 132 g/mol. The molecule has 1 atom stereocenters. The number of hydrogen-bond acceptors (Lipinski definition) is 0. The highest BCUT2D eigenvalue weighted by Crippen LogP contribution is 2.09. The minimum atomic E-state index is 0.797. The standard InChI is InChI=1S/C11H15/c1-3-10(2)9-11-7-5-4-6-8-11/h4-5,7-8,10H,3,9H2,1-2H3. The molecule has 11 heavy (non-hydrogen) atoms. The van der Waals surface area contributed by atoms with Crippen LogP contribution in [0.2, 0.25) is 0 Å². The predicted octanol–water partition coefficient (Wildman–Crippen LogP) is 3.08. The molecule has 0 saturated carbocycles. The Kier molecular flexibility index (Phi) is 3.15. The van der Waals surface area contributed by atoms with Gasteiger partial charge in [0, 0.05) is 0 Å². The highest BCUT2D eigenvalue weighted by Gasteiger charge is 1.98. The second-order valence-electron chi connectivity index (χ2n) is 3.13. The molecule has 1 aromatic carbocycles. The van der Waals surface area contributed by atoms with Gasteiger partial charge >= 0.3 is 0 Å². The van der Waals surface area contributed by atoms with Crippen molar-refractivity contribution in [3.8, 4) is 0 Å². The predicted molar refractivity (Wildman–Crippen MR) is 48.4 cm³/mol. The van der Waals surface area contributed by atoms with Gasteiger partial charge in [0.1, 0.15) is 0 Å². The summed E-state index contributed by atoms with van der Waals surface area (Å²) in [6, 6.07) is 11.3. The van der Waals surface area contributed by atoms with Gasteiger partial charge in [-0.15, -0.1) is 0 Å². The summed E-state index contributed by atoms with van der Waals surface area (Å²) in [5, 5.41) is 0. The minimum absolute atomic E-state index is 0.797. The molecule has 1 radical (unpaired) electrons. The number of hydrogen-bond donors (Lipinski definition) is 0. The SMILES string of the molecule is CCC(C)Cc1c[c]ccc1. The highest BCUT2D eigenvalue weighted by molar-refractivity contribution is 5.13. The van der Waals surface area contributed by atoms with Crippen LogP contribution in [0.4, 0.5) is 0 Å². The van der Waals surface area contributed by atoms with Crippen LogP contribution in [0.25, 0.3) is 0 Å². The zero-order valence-corrected chi connectivity index (χ0v) is 7.30. The van der Waals surface area contributed by atoms with Crippen molar-refractivity contribution in [3.05, 3.63) is 35.9 Å². The lowest BCUT2D eigenvalue weighted by molar-refractivity contribution is 0.560. The molecule has 0 aliphatic heterocycles. The Labute approximate surface area is 69.3 Å². The average molecular weight is 147 g/mol. The average Bonchev–Trinajstić information content (AvgIpc) is 2.06. The molecular formula is C11H15. The van der Waals surface area contributed by atoms with Gasteiger partial charge in [-0.3, -0.25) is 0 Å². The third-order valence-electron chi connectivity index (χ3n) is 2.05. The fraction of sp³-hybridized carbons (Fsp3) is 0.455. The molecule has 1 unspecified atom stereocenters. The van der Waals surface area contributed by atoms with Gasteiger partial charge in [-0.1, -0.05) is 44.5 Å². The molecule has 0 amide bonds. The monoisotopic (exact) mass is 147 g/mol. The Balaban J connectivity index is 2.51. The molecule has 0 aromatic heterocycles. The van der Waals surface area contributed by atoms with E-state index >= 15 is 0 Å². The molecule has 0 spiro atoms. The Morgan fingerprint density at radius 1 is 1.55 bits per heavy atom. The van der Waals surface area contributed by atoms with E-state index in [0.717, 1.165) is 5.92 Å². The van der Waals surface area contributed by atoms with Crippen molar-refractivity contribution in [2.45, 2.75) is 26.7 Å². The first-order chi connectivity index (χ1) is 5.33. The lowest BCUT2D eigenvalue weighted by atomic mass is 9.99. The Bertz CT molecular complexity index is 188. The van der Waals surface area contributed by atoms with E-state index in [2.05, 4.69) is 38.1 Å². The van der Waals surface area contributed by atoms with E-state index in [1.54, 1.807) is 0 Å². The molecule has 0 aliphatic carbocycles. The van der Waals surface area contributed by atoms with Crippen LogP contribution >= 0.6 is 0 Å².